The summed E-state index contributed by atoms with van der Waals surface area (Å²) in [6, 6.07) is 7.14. The highest BCUT2D eigenvalue weighted by atomic mass is 35.5. The minimum Gasteiger partial charge on any atom is -0.497 e. The van der Waals surface area contributed by atoms with E-state index in [1.54, 1.807) is 31.4 Å². The van der Waals surface area contributed by atoms with E-state index in [-0.39, 0.29) is 12.5 Å². The third-order valence-electron chi connectivity index (χ3n) is 1.68. The molecular weight excluding hydrogens is 204 g/mol. The van der Waals surface area contributed by atoms with Crippen molar-refractivity contribution in [3.8, 4) is 11.5 Å². The second kappa shape index (κ2) is 5.73. The van der Waals surface area contributed by atoms with E-state index in [9.17, 15) is 0 Å². The number of benzene rings is 1. The lowest BCUT2D eigenvalue weighted by Crippen LogP contribution is -2.18. The van der Waals surface area contributed by atoms with Gasteiger partial charge in [0.25, 0.3) is 0 Å². The summed E-state index contributed by atoms with van der Waals surface area (Å²) in [5.74, 6) is 1.64. The van der Waals surface area contributed by atoms with Gasteiger partial charge in [-0.3, -0.25) is 0 Å². The van der Waals surface area contributed by atoms with Crippen LogP contribution in [0.3, 0.4) is 0 Å². The fourth-order valence-electron chi connectivity index (χ4n) is 0.909. The predicted molar refractivity (Wildman–Crippen MR) is 55.2 cm³/mol. The number of hydrogen-bond donors (Lipinski definition) is 1. The smallest absolute Gasteiger partial charge is 0.119 e. The summed E-state index contributed by atoms with van der Waals surface area (Å²) in [7, 11) is 1.60. The van der Waals surface area contributed by atoms with Crippen molar-refractivity contribution >= 4 is 11.6 Å². The maximum atomic E-state index is 9.14. The minimum absolute atomic E-state index is 0.177. The van der Waals surface area contributed by atoms with Crippen LogP contribution >= 0.6 is 11.6 Å². The van der Waals surface area contributed by atoms with Crippen LogP contribution in [0.15, 0.2) is 24.3 Å². The van der Waals surface area contributed by atoms with Crippen LogP contribution in [-0.4, -0.2) is 30.8 Å². The fraction of sp³-hybridized carbons (Fsp3) is 0.400. The zero-order chi connectivity index (χ0) is 10.4. The average Bonchev–Trinajstić information content (AvgIpc) is 2.26. The summed E-state index contributed by atoms with van der Waals surface area (Å²) in [4.78, 5) is 0. The molecule has 0 saturated carbocycles. The van der Waals surface area contributed by atoms with E-state index < -0.39 is 6.10 Å². The lowest BCUT2D eigenvalue weighted by molar-refractivity contribution is 0.125. The van der Waals surface area contributed by atoms with Crippen molar-refractivity contribution in [3.05, 3.63) is 24.3 Å². The summed E-state index contributed by atoms with van der Waals surface area (Å²) >= 11 is 5.42. The molecule has 0 aliphatic rings. The van der Waals surface area contributed by atoms with Crippen molar-refractivity contribution in [2.75, 3.05) is 19.6 Å². The number of alkyl halides is 1. The van der Waals surface area contributed by atoms with Gasteiger partial charge in [-0.15, -0.1) is 11.6 Å². The normalized spacial score (nSPS) is 12.2. The maximum absolute atomic E-state index is 9.14. The van der Waals surface area contributed by atoms with Gasteiger partial charge in [0.1, 0.15) is 24.2 Å². The van der Waals surface area contributed by atoms with Gasteiger partial charge in [0.05, 0.1) is 13.0 Å². The van der Waals surface area contributed by atoms with Gasteiger partial charge < -0.3 is 14.6 Å². The summed E-state index contributed by atoms with van der Waals surface area (Å²) in [5, 5.41) is 9.14. The molecular formula is C10H13ClO3. The number of aliphatic hydroxyl groups excluding tert-OH is 1. The molecule has 0 aliphatic heterocycles. The molecule has 4 heteroatoms. The predicted octanol–water partition coefficient (Wildman–Crippen LogP) is 1.67. The number of ether oxygens (including phenoxy) is 2. The number of methoxy groups -OCH3 is 1. The van der Waals surface area contributed by atoms with Gasteiger partial charge in [0.2, 0.25) is 0 Å². The molecule has 0 amide bonds. The Morgan fingerprint density at radius 2 is 1.86 bits per heavy atom. The molecule has 0 aromatic heterocycles. The molecule has 0 heterocycles. The summed E-state index contributed by atoms with van der Waals surface area (Å²) in [6.45, 7) is 0.204. The molecule has 1 aromatic rings. The van der Waals surface area contributed by atoms with Gasteiger partial charge in [0, 0.05) is 0 Å². The van der Waals surface area contributed by atoms with Gasteiger partial charge in [-0.2, -0.15) is 0 Å². The second-order valence-electron chi connectivity index (χ2n) is 2.79. The zero-order valence-electron chi connectivity index (χ0n) is 7.94. The third kappa shape index (κ3) is 3.44. The van der Waals surface area contributed by atoms with Gasteiger partial charge in [-0.25, -0.2) is 0 Å². The van der Waals surface area contributed by atoms with Crippen LogP contribution in [0, 0.1) is 0 Å². The molecule has 1 aromatic carbocycles. The molecule has 0 fully saturated rings. The molecule has 0 spiro atoms. The first-order valence-corrected chi connectivity index (χ1v) is 4.80. The number of halogens is 1. The number of aliphatic hydroxyl groups is 1. The number of hydrogen-bond acceptors (Lipinski definition) is 3. The van der Waals surface area contributed by atoms with Crippen LogP contribution in [0.5, 0.6) is 11.5 Å². The van der Waals surface area contributed by atoms with Crippen molar-refractivity contribution < 1.29 is 14.6 Å². The van der Waals surface area contributed by atoms with Crippen molar-refractivity contribution in [1.29, 1.82) is 0 Å². The Morgan fingerprint density at radius 3 is 2.36 bits per heavy atom. The molecule has 14 heavy (non-hydrogen) atoms. The van der Waals surface area contributed by atoms with Crippen LogP contribution in [0.1, 0.15) is 0 Å². The monoisotopic (exact) mass is 216 g/mol. The van der Waals surface area contributed by atoms with Crippen LogP contribution < -0.4 is 9.47 Å². The topological polar surface area (TPSA) is 38.7 Å². The summed E-state index contributed by atoms with van der Waals surface area (Å²) in [6.07, 6.45) is -0.626. The van der Waals surface area contributed by atoms with Crippen molar-refractivity contribution in [3.63, 3.8) is 0 Å². The first-order valence-electron chi connectivity index (χ1n) is 4.27. The minimum atomic E-state index is -0.626. The SMILES string of the molecule is COc1ccc(OCC(O)CCl)cc1. The Kier molecular flexibility index (Phi) is 4.56. The Bertz CT molecular complexity index is 261. The van der Waals surface area contributed by atoms with E-state index in [1.165, 1.54) is 0 Å². The standard InChI is InChI=1S/C10H13ClO3/c1-13-9-2-4-10(5-3-9)14-7-8(12)6-11/h2-5,8,12H,6-7H2,1H3. The van der Waals surface area contributed by atoms with Gasteiger partial charge in [-0.1, -0.05) is 0 Å². The quantitative estimate of drug-likeness (QED) is 0.762. The van der Waals surface area contributed by atoms with Crippen molar-refractivity contribution in [1.82, 2.24) is 0 Å². The third-order valence-corrected chi connectivity index (χ3v) is 2.04. The molecule has 0 radical (unpaired) electrons. The van der Waals surface area contributed by atoms with Gasteiger partial charge >= 0.3 is 0 Å². The zero-order valence-corrected chi connectivity index (χ0v) is 8.70. The average molecular weight is 217 g/mol. The van der Waals surface area contributed by atoms with Crippen molar-refractivity contribution in [2.45, 2.75) is 6.10 Å². The largest absolute Gasteiger partial charge is 0.497 e. The van der Waals surface area contributed by atoms with Crippen LogP contribution in [-0.2, 0) is 0 Å². The van der Waals surface area contributed by atoms with E-state index in [4.69, 9.17) is 26.2 Å². The van der Waals surface area contributed by atoms with E-state index in [0.717, 1.165) is 5.75 Å². The summed E-state index contributed by atoms with van der Waals surface area (Å²) in [5.41, 5.74) is 0. The number of rotatable bonds is 5. The Labute approximate surface area is 88.2 Å². The Hall–Kier alpha value is -0.930. The van der Waals surface area contributed by atoms with E-state index in [0.29, 0.717) is 5.75 Å². The molecule has 1 atom stereocenters. The first-order chi connectivity index (χ1) is 6.76. The van der Waals surface area contributed by atoms with Gasteiger partial charge in [-0.05, 0) is 24.3 Å². The first kappa shape index (κ1) is 11.1. The maximum Gasteiger partial charge on any atom is 0.119 e. The molecule has 0 bridgehead atoms. The summed E-state index contributed by atoms with van der Waals surface area (Å²) < 4.78 is 10.3. The molecule has 0 saturated heterocycles. The van der Waals surface area contributed by atoms with E-state index in [2.05, 4.69) is 0 Å². The fourth-order valence-corrected chi connectivity index (χ4v) is 0.998. The second-order valence-corrected chi connectivity index (χ2v) is 3.10. The lowest BCUT2D eigenvalue weighted by atomic mass is 10.3. The Morgan fingerprint density at radius 1 is 1.29 bits per heavy atom. The molecule has 78 valence electrons. The highest BCUT2D eigenvalue weighted by molar-refractivity contribution is 6.18. The van der Waals surface area contributed by atoms with Crippen molar-refractivity contribution in [2.24, 2.45) is 0 Å². The highest BCUT2D eigenvalue weighted by Gasteiger charge is 2.02. The molecule has 0 aliphatic carbocycles. The van der Waals surface area contributed by atoms with E-state index in [1.807, 2.05) is 0 Å². The Balaban J connectivity index is 2.43. The van der Waals surface area contributed by atoms with Gasteiger partial charge in [0.15, 0.2) is 0 Å². The molecule has 3 nitrogen and oxygen atoms in total. The highest BCUT2D eigenvalue weighted by Crippen LogP contribution is 2.16. The van der Waals surface area contributed by atoms with E-state index >= 15 is 0 Å². The van der Waals surface area contributed by atoms with Crippen LogP contribution in [0.25, 0.3) is 0 Å². The lowest BCUT2D eigenvalue weighted by Gasteiger charge is -2.09. The molecule has 1 unspecified atom stereocenters. The van der Waals surface area contributed by atoms with Crippen LogP contribution in [0.2, 0.25) is 0 Å². The van der Waals surface area contributed by atoms with Crippen LogP contribution in [0.4, 0.5) is 0 Å². The molecule has 1 N–H and O–H groups in total. The molecule has 1 rings (SSSR count).